The number of rotatable bonds is 2. The second kappa shape index (κ2) is 7.76. The first-order valence-electron chi connectivity index (χ1n) is 11.9. The molecular weight excluding hydrogens is 400 g/mol. The molecule has 0 spiro atoms. The average Bonchev–Trinajstić information content (AvgIpc) is 3.54. The molecule has 2 atom stereocenters. The Morgan fingerprint density at radius 1 is 0.906 bits per heavy atom. The summed E-state index contributed by atoms with van der Waals surface area (Å²) < 4.78 is 0. The first kappa shape index (κ1) is 19.5. The molecule has 1 aliphatic carbocycles. The van der Waals surface area contributed by atoms with E-state index in [4.69, 9.17) is 0 Å². The van der Waals surface area contributed by atoms with Crippen molar-refractivity contribution < 1.29 is 9.59 Å². The third-order valence-electron chi connectivity index (χ3n) is 7.60. The van der Waals surface area contributed by atoms with Gasteiger partial charge in [0.05, 0.1) is 17.4 Å². The van der Waals surface area contributed by atoms with Gasteiger partial charge in [0.25, 0.3) is 11.8 Å². The van der Waals surface area contributed by atoms with Gasteiger partial charge in [-0.15, -0.1) is 0 Å². The van der Waals surface area contributed by atoms with Crippen molar-refractivity contribution in [2.75, 3.05) is 19.6 Å². The lowest BCUT2D eigenvalue weighted by atomic mass is 9.73. The molecule has 32 heavy (non-hydrogen) atoms. The van der Waals surface area contributed by atoms with E-state index in [9.17, 15) is 9.59 Å². The molecule has 3 aromatic rings. The summed E-state index contributed by atoms with van der Waals surface area (Å²) in [6.07, 6.45) is 7.86. The van der Waals surface area contributed by atoms with Crippen LogP contribution >= 0.6 is 0 Å². The molecule has 2 aromatic carbocycles. The zero-order valence-electron chi connectivity index (χ0n) is 18.2. The summed E-state index contributed by atoms with van der Waals surface area (Å²) in [5.74, 6) is 0.630. The quantitative estimate of drug-likeness (QED) is 0.667. The number of aromatic amines is 1. The number of fused-ring (bicyclic) bond motifs is 4. The number of carbonyl (C=O) groups excluding carboxylic acids is 2. The van der Waals surface area contributed by atoms with E-state index in [1.165, 1.54) is 11.1 Å². The van der Waals surface area contributed by atoms with Gasteiger partial charge in [0.1, 0.15) is 0 Å². The number of H-pyrrole nitrogens is 1. The maximum atomic E-state index is 13.5. The van der Waals surface area contributed by atoms with E-state index in [0.29, 0.717) is 5.92 Å². The summed E-state index contributed by atoms with van der Waals surface area (Å²) in [5, 5.41) is 0. The van der Waals surface area contributed by atoms with Crippen LogP contribution in [0.1, 0.15) is 69.9 Å². The van der Waals surface area contributed by atoms with Gasteiger partial charge in [-0.1, -0.05) is 6.07 Å². The monoisotopic (exact) mass is 428 g/mol. The molecule has 164 valence electrons. The second-order valence-electron chi connectivity index (χ2n) is 9.40. The van der Waals surface area contributed by atoms with E-state index in [2.05, 4.69) is 27.0 Å². The maximum Gasteiger partial charge on any atom is 0.254 e. The molecule has 2 fully saturated rings. The molecule has 2 aliphatic heterocycles. The van der Waals surface area contributed by atoms with Crippen LogP contribution in [0.2, 0.25) is 0 Å². The van der Waals surface area contributed by atoms with Crippen LogP contribution in [0.25, 0.3) is 11.0 Å². The Morgan fingerprint density at radius 2 is 1.72 bits per heavy atom. The highest BCUT2D eigenvalue weighted by molar-refractivity contribution is 5.98. The molecule has 2 unspecified atom stereocenters. The van der Waals surface area contributed by atoms with Crippen LogP contribution in [0.3, 0.4) is 0 Å². The first-order chi connectivity index (χ1) is 15.7. The van der Waals surface area contributed by atoms with Crippen molar-refractivity contribution in [3.63, 3.8) is 0 Å². The van der Waals surface area contributed by atoms with Gasteiger partial charge in [-0.3, -0.25) is 9.59 Å². The number of benzene rings is 2. The summed E-state index contributed by atoms with van der Waals surface area (Å²) >= 11 is 0. The Labute approximate surface area is 187 Å². The largest absolute Gasteiger partial charge is 0.345 e. The minimum atomic E-state index is 0.112. The number of nitrogens with zero attached hydrogens (tertiary/aromatic N) is 3. The second-order valence-corrected chi connectivity index (χ2v) is 9.40. The molecule has 6 rings (SSSR count). The van der Waals surface area contributed by atoms with Gasteiger partial charge >= 0.3 is 0 Å². The van der Waals surface area contributed by atoms with Crippen LogP contribution < -0.4 is 0 Å². The Balaban J connectivity index is 1.26. The summed E-state index contributed by atoms with van der Waals surface area (Å²) in [5.41, 5.74) is 5.95. The fraction of sp³-hybridized carbons (Fsp3) is 0.423. The van der Waals surface area contributed by atoms with Gasteiger partial charge in [0.15, 0.2) is 0 Å². The highest BCUT2D eigenvalue weighted by Gasteiger charge is 2.39. The van der Waals surface area contributed by atoms with Crippen LogP contribution in [0, 0.1) is 0 Å². The van der Waals surface area contributed by atoms with Crippen molar-refractivity contribution in [3.8, 4) is 0 Å². The molecule has 2 saturated heterocycles. The van der Waals surface area contributed by atoms with Crippen molar-refractivity contribution in [2.24, 2.45) is 0 Å². The Kier molecular flexibility index (Phi) is 4.74. The van der Waals surface area contributed by atoms with Crippen LogP contribution in [0.15, 0.2) is 42.7 Å². The van der Waals surface area contributed by atoms with E-state index in [-0.39, 0.29) is 17.9 Å². The average molecular weight is 429 g/mol. The number of hydrogen-bond acceptors (Lipinski definition) is 3. The highest BCUT2D eigenvalue weighted by Crippen LogP contribution is 2.41. The van der Waals surface area contributed by atoms with Crippen molar-refractivity contribution in [3.05, 3.63) is 65.0 Å². The van der Waals surface area contributed by atoms with E-state index in [1.54, 1.807) is 6.33 Å². The normalized spacial score (nSPS) is 22.6. The molecule has 6 nitrogen and oxygen atoms in total. The van der Waals surface area contributed by atoms with Gasteiger partial charge in [-0.25, -0.2) is 4.98 Å². The van der Waals surface area contributed by atoms with E-state index in [1.807, 2.05) is 29.2 Å². The third kappa shape index (κ3) is 3.20. The molecule has 3 heterocycles. The number of likely N-dealkylation sites (tertiary alicyclic amines) is 2. The fourth-order valence-electron chi connectivity index (χ4n) is 5.99. The molecule has 0 bridgehead atoms. The SMILES string of the molecule is O=C(c1ccc2c(c1)CCC1C2CCCN1C(=O)c1ccc2nc[nH]c2c1)N1CCCC1. The van der Waals surface area contributed by atoms with Crippen LogP contribution in [-0.4, -0.2) is 57.3 Å². The van der Waals surface area contributed by atoms with Crippen LogP contribution in [-0.2, 0) is 6.42 Å². The standard InChI is InChI=1S/C26H28N4O2/c31-25(29-11-1-2-12-29)18-5-8-20-17(14-18)7-10-24-21(20)4-3-13-30(24)26(32)19-6-9-22-23(15-19)28-16-27-22/h5-6,8-9,14-16,21,24H,1-4,7,10-13H2,(H,27,28). The molecular formula is C26H28N4O2. The van der Waals surface area contributed by atoms with E-state index >= 15 is 0 Å². The number of aryl methyl sites for hydroxylation is 1. The summed E-state index contributed by atoms with van der Waals surface area (Å²) in [7, 11) is 0. The smallest absolute Gasteiger partial charge is 0.254 e. The van der Waals surface area contributed by atoms with Crippen molar-refractivity contribution in [1.82, 2.24) is 19.8 Å². The molecule has 6 heteroatoms. The third-order valence-corrected chi connectivity index (χ3v) is 7.60. The molecule has 3 aliphatic rings. The number of hydrogen-bond donors (Lipinski definition) is 1. The van der Waals surface area contributed by atoms with Gasteiger partial charge in [0.2, 0.25) is 0 Å². The maximum absolute atomic E-state index is 13.5. The van der Waals surface area contributed by atoms with Crippen molar-refractivity contribution in [2.45, 2.75) is 50.5 Å². The molecule has 1 aromatic heterocycles. The summed E-state index contributed by atoms with van der Waals surface area (Å²) in [6.45, 7) is 2.56. The Bertz CT molecular complexity index is 1190. The number of nitrogens with one attached hydrogen (secondary N) is 1. The lowest BCUT2D eigenvalue weighted by Gasteiger charge is -2.45. The van der Waals surface area contributed by atoms with Crippen molar-refractivity contribution >= 4 is 22.8 Å². The number of piperidine rings is 1. The van der Waals surface area contributed by atoms with Crippen LogP contribution in [0.5, 0.6) is 0 Å². The highest BCUT2D eigenvalue weighted by atomic mass is 16.2. The number of imidazole rings is 1. The first-order valence-corrected chi connectivity index (χ1v) is 11.9. The Morgan fingerprint density at radius 3 is 2.59 bits per heavy atom. The number of aromatic nitrogens is 2. The lowest BCUT2D eigenvalue weighted by Crippen LogP contribution is -2.49. The number of amides is 2. The van der Waals surface area contributed by atoms with E-state index < -0.39 is 0 Å². The summed E-state index contributed by atoms with van der Waals surface area (Å²) in [4.78, 5) is 37.8. The minimum absolute atomic E-state index is 0.112. The fourth-order valence-corrected chi connectivity index (χ4v) is 5.99. The van der Waals surface area contributed by atoms with Gasteiger partial charge in [0, 0.05) is 42.7 Å². The van der Waals surface area contributed by atoms with Crippen LogP contribution in [0.4, 0.5) is 0 Å². The molecule has 1 N–H and O–H groups in total. The molecule has 0 radical (unpaired) electrons. The van der Waals surface area contributed by atoms with E-state index in [0.717, 1.165) is 80.3 Å². The minimum Gasteiger partial charge on any atom is -0.345 e. The van der Waals surface area contributed by atoms with Crippen molar-refractivity contribution in [1.29, 1.82) is 0 Å². The van der Waals surface area contributed by atoms with Gasteiger partial charge in [-0.2, -0.15) is 0 Å². The Hall–Kier alpha value is -3.15. The zero-order chi connectivity index (χ0) is 21.7. The topological polar surface area (TPSA) is 69.3 Å². The molecule has 0 saturated carbocycles. The van der Waals surface area contributed by atoms with Gasteiger partial charge < -0.3 is 14.8 Å². The predicted molar refractivity (Wildman–Crippen MR) is 123 cm³/mol. The lowest BCUT2D eigenvalue weighted by molar-refractivity contribution is 0.0547. The number of carbonyl (C=O) groups is 2. The van der Waals surface area contributed by atoms with Gasteiger partial charge in [-0.05, 0) is 80.0 Å². The summed E-state index contributed by atoms with van der Waals surface area (Å²) in [6, 6.07) is 12.2. The molecule has 2 amide bonds. The zero-order valence-corrected chi connectivity index (χ0v) is 18.2. The predicted octanol–water partition coefficient (Wildman–Crippen LogP) is 4.13.